The van der Waals surface area contributed by atoms with E-state index in [4.69, 9.17) is 5.14 Å². The number of imide groups is 1. The summed E-state index contributed by atoms with van der Waals surface area (Å²) in [5.41, 5.74) is 0. The first-order chi connectivity index (χ1) is 13.6. The maximum atomic E-state index is 12.8. The second-order valence-corrected chi connectivity index (χ2v) is 10.3. The number of rotatable bonds is 7. The summed E-state index contributed by atoms with van der Waals surface area (Å²) in [6.07, 6.45) is 0.612. The van der Waals surface area contributed by atoms with Gasteiger partial charge in [0, 0.05) is 32.7 Å². The van der Waals surface area contributed by atoms with E-state index in [1.807, 2.05) is 0 Å². The summed E-state index contributed by atoms with van der Waals surface area (Å²) in [6.45, 7) is 2.65. The van der Waals surface area contributed by atoms with Crippen LogP contribution in [0.5, 0.6) is 0 Å². The van der Waals surface area contributed by atoms with Gasteiger partial charge in [0.2, 0.25) is 26.0 Å². The van der Waals surface area contributed by atoms with E-state index >= 15 is 0 Å². The predicted molar refractivity (Wildman–Crippen MR) is 103 cm³/mol. The number of hydrogen-bond donors (Lipinski definition) is 2. The molecule has 0 spiro atoms. The van der Waals surface area contributed by atoms with E-state index in [-0.39, 0.29) is 28.3 Å². The van der Waals surface area contributed by atoms with Crippen molar-refractivity contribution >= 4 is 32.0 Å². The van der Waals surface area contributed by atoms with Gasteiger partial charge >= 0.3 is 6.03 Å². The second-order valence-electron chi connectivity index (χ2n) is 6.82. The van der Waals surface area contributed by atoms with Gasteiger partial charge in [0.05, 0.1) is 16.3 Å². The number of nitrogens with zero attached hydrogens (tertiary/aromatic N) is 3. The van der Waals surface area contributed by atoms with Gasteiger partial charge in [-0.3, -0.25) is 9.69 Å². The summed E-state index contributed by atoms with van der Waals surface area (Å²) in [6, 6.07) is 4.45. The van der Waals surface area contributed by atoms with E-state index in [9.17, 15) is 26.4 Å². The number of carbonyl (C=O) groups excluding carboxylic acids is 2. The highest BCUT2D eigenvalue weighted by Gasteiger charge is 2.30. The van der Waals surface area contributed by atoms with Crippen molar-refractivity contribution in [2.24, 2.45) is 5.14 Å². The van der Waals surface area contributed by atoms with Crippen molar-refractivity contribution in [3.63, 3.8) is 0 Å². The molecule has 3 rings (SSSR count). The van der Waals surface area contributed by atoms with Gasteiger partial charge in [0.1, 0.15) is 0 Å². The van der Waals surface area contributed by atoms with Crippen LogP contribution < -0.4 is 10.5 Å². The van der Waals surface area contributed by atoms with Crippen LogP contribution in [0.1, 0.15) is 6.42 Å². The van der Waals surface area contributed by atoms with Gasteiger partial charge in [-0.15, -0.1) is 0 Å². The average Bonchev–Trinajstić information content (AvgIpc) is 3.00. The van der Waals surface area contributed by atoms with Crippen molar-refractivity contribution in [3.05, 3.63) is 24.3 Å². The minimum absolute atomic E-state index is 0.0110. The topological polar surface area (TPSA) is 150 Å². The molecule has 0 unspecified atom stereocenters. The summed E-state index contributed by atoms with van der Waals surface area (Å²) < 4.78 is 49.5. The zero-order valence-electron chi connectivity index (χ0n) is 15.7. The van der Waals surface area contributed by atoms with Crippen LogP contribution in [0.2, 0.25) is 0 Å². The third-order valence-electron chi connectivity index (χ3n) is 4.91. The lowest BCUT2D eigenvalue weighted by Gasteiger charge is -2.34. The molecule has 29 heavy (non-hydrogen) atoms. The van der Waals surface area contributed by atoms with Crippen LogP contribution in [0.15, 0.2) is 34.1 Å². The lowest BCUT2D eigenvalue weighted by Crippen LogP contribution is -2.49. The van der Waals surface area contributed by atoms with Gasteiger partial charge in [-0.25, -0.2) is 26.8 Å². The van der Waals surface area contributed by atoms with E-state index in [2.05, 4.69) is 10.2 Å². The molecule has 2 saturated heterocycles. The molecular formula is C16H23N5O6S2. The van der Waals surface area contributed by atoms with E-state index in [1.54, 1.807) is 0 Å². The molecule has 0 radical (unpaired) electrons. The monoisotopic (exact) mass is 445 g/mol. The van der Waals surface area contributed by atoms with Gasteiger partial charge < -0.3 is 10.2 Å². The molecular weight excluding hydrogens is 422 g/mol. The molecule has 13 heteroatoms. The first kappa shape index (κ1) is 21.6. The highest BCUT2D eigenvalue weighted by molar-refractivity contribution is 7.89. The fourth-order valence-corrected chi connectivity index (χ4v) is 5.22. The Balaban J connectivity index is 1.51. The van der Waals surface area contributed by atoms with Crippen molar-refractivity contribution in [1.29, 1.82) is 0 Å². The van der Waals surface area contributed by atoms with Crippen LogP contribution in [0.4, 0.5) is 4.79 Å². The molecule has 1 aromatic rings. The van der Waals surface area contributed by atoms with E-state index in [0.29, 0.717) is 45.7 Å². The fourth-order valence-electron chi connectivity index (χ4n) is 3.28. The Labute approximate surface area is 169 Å². The zero-order valence-corrected chi connectivity index (χ0v) is 17.3. The largest absolute Gasteiger partial charge is 0.329 e. The molecule has 160 valence electrons. The highest BCUT2D eigenvalue weighted by Crippen LogP contribution is 2.19. The Bertz CT molecular complexity index is 969. The van der Waals surface area contributed by atoms with Gasteiger partial charge in [-0.2, -0.15) is 4.31 Å². The molecule has 0 aliphatic carbocycles. The third-order valence-corrected chi connectivity index (χ3v) is 7.76. The molecule has 2 aliphatic rings. The Morgan fingerprint density at radius 2 is 1.48 bits per heavy atom. The Morgan fingerprint density at radius 1 is 0.897 bits per heavy atom. The zero-order chi connectivity index (χ0) is 21.2. The van der Waals surface area contributed by atoms with Crippen LogP contribution in [-0.2, 0) is 24.8 Å². The van der Waals surface area contributed by atoms with Crippen LogP contribution >= 0.6 is 0 Å². The quantitative estimate of drug-likeness (QED) is 0.489. The van der Waals surface area contributed by atoms with Gasteiger partial charge in [0.25, 0.3) is 0 Å². The van der Waals surface area contributed by atoms with E-state index in [0.717, 1.165) is 0 Å². The molecule has 3 amide bonds. The lowest BCUT2D eigenvalue weighted by molar-refractivity contribution is -0.125. The first-order valence-electron chi connectivity index (χ1n) is 9.02. The average molecular weight is 446 g/mol. The maximum absolute atomic E-state index is 12.8. The Hall–Kier alpha value is -2.06. The molecule has 0 aromatic heterocycles. The SMILES string of the molecule is NS(=O)(=O)c1ccc(S(=O)(=O)N2CCN(CCCN3C(=O)CNC3=O)CC2)cc1. The molecule has 0 saturated carbocycles. The number of amides is 3. The maximum Gasteiger partial charge on any atom is 0.324 e. The number of nitrogens with one attached hydrogen (secondary N) is 1. The predicted octanol–water partition coefficient (Wildman–Crippen LogP) is -1.42. The molecule has 11 nitrogen and oxygen atoms in total. The smallest absolute Gasteiger partial charge is 0.324 e. The number of piperazine rings is 1. The number of nitrogens with two attached hydrogens (primary N) is 1. The summed E-state index contributed by atoms with van der Waals surface area (Å²) in [5, 5.41) is 7.50. The standard InChI is InChI=1S/C16H23N5O6S2/c17-28(24,25)13-2-4-14(5-3-13)29(26,27)20-10-8-19(9-11-20)6-1-7-21-15(22)12-18-16(21)23/h2-5H,1,6-12H2,(H,18,23)(H2,17,24,25). The van der Waals surface area contributed by atoms with Crippen LogP contribution in [0.25, 0.3) is 0 Å². The summed E-state index contributed by atoms with van der Waals surface area (Å²) >= 11 is 0. The van der Waals surface area contributed by atoms with Crippen molar-refractivity contribution < 1.29 is 26.4 Å². The van der Waals surface area contributed by atoms with Crippen molar-refractivity contribution in [3.8, 4) is 0 Å². The lowest BCUT2D eigenvalue weighted by atomic mass is 10.3. The summed E-state index contributed by atoms with van der Waals surface area (Å²) in [5.74, 6) is -0.237. The number of hydrogen-bond acceptors (Lipinski definition) is 7. The number of urea groups is 1. The van der Waals surface area contributed by atoms with Crippen molar-refractivity contribution in [1.82, 2.24) is 19.4 Å². The molecule has 1 aromatic carbocycles. The van der Waals surface area contributed by atoms with Crippen LogP contribution in [0, 0.1) is 0 Å². The molecule has 3 N–H and O–H groups in total. The number of carbonyl (C=O) groups is 2. The summed E-state index contributed by atoms with van der Waals surface area (Å²) in [4.78, 5) is 26.2. The van der Waals surface area contributed by atoms with E-state index < -0.39 is 20.0 Å². The Kier molecular flexibility index (Phi) is 6.24. The second kappa shape index (κ2) is 8.36. The minimum Gasteiger partial charge on any atom is -0.329 e. The fraction of sp³-hybridized carbons (Fsp3) is 0.500. The molecule has 2 fully saturated rings. The van der Waals surface area contributed by atoms with Gasteiger partial charge in [-0.1, -0.05) is 0 Å². The summed E-state index contributed by atoms with van der Waals surface area (Å²) in [7, 11) is -7.61. The first-order valence-corrected chi connectivity index (χ1v) is 12.0. The normalized spacial score (nSPS) is 19.6. The number of benzene rings is 1. The number of primary sulfonamides is 1. The Morgan fingerprint density at radius 3 is 2.00 bits per heavy atom. The van der Waals surface area contributed by atoms with Crippen LogP contribution in [0.3, 0.4) is 0 Å². The minimum atomic E-state index is -3.88. The van der Waals surface area contributed by atoms with Gasteiger partial charge in [-0.05, 0) is 37.2 Å². The molecule has 2 aliphatic heterocycles. The van der Waals surface area contributed by atoms with Gasteiger partial charge in [0.15, 0.2) is 0 Å². The highest BCUT2D eigenvalue weighted by atomic mass is 32.2. The number of sulfonamides is 2. The molecule has 0 bridgehead atoms. The van der Waals surface area contributed by atoms with Crippen molar-refractivity contribution in [2.75, 3.05) is 45.8 Å². The van der Waals surface area contributed by atoms with E-state index in [1.165, 1.54) is 33.5 Å². The molecule has 2 heterocycles. The van der Waals surface area contributed by atoms with Crippen molar-refractivity contribution in [2.45, 2.75) is 16.2 Å². The molecule has 0 atom stereocenters. The van der Waals surface area contributed by atoms with Crippen LogP contribution in [-0.4, -0.2) is 88.7 Å². The third kappa shape index (κ3) is 4.93.